The number of rotatable bonds is 6. The largest absolute Gasteiger partial charge is 0.486 e. The van der Waals surface area contributed by atoms with Gasteiger partial charge in [0.2, 0.25) is 0 Å². The van der Waals surface area contributed by atoms with E-state index in [9.17, 15) is 0 Å². The fourth-order valence-corrected chi connectivity index (χ4v) is 9.35. The molecule has 62 heavy (non-hydrogen) atoms. The van der Waals surface area contributed by atoms with Crippen LogP contribution in [0.3, 0.4) is 0 Å². The number of ether oxygens (including phenoxy) is 4. The van der Waals surface area contributed by atoms with Crippen molar-refractivity contribution in [2.75, 3.05) is 36.2 Å². The first-order valence-electron chi connectivity index (χ1n) is 20.9. The lowest BCUT2D eigenvalue weighted by molar-refractivity contribution is 0.171. The zero-order valence-electron chi connectivity index (χ0n) is 33.3. The molecule has 0 aliphatic carbocycles. The maximum absolute atomic E-state index is 6.76. The van der Waals surface area contributed by atoms with Crippen LogP contribution in [-0.2, 0) is 0 Å². The summed E-state index contributed by atoms with van der Waals surface area (Å²) in [6.45, 7) is 2.16. The molecule has 8 heteroatoms. The van der Waals surface area contributed by atoms with Crippen molar-refractivity contribution < 1.29 is 27.8 Å². The topological polar surface area (TPSA) is 69.7 Å². The van der Waals surface area contributed by atoms with Gasteiger partial charge in [-0.15, -0.1) is 0 Å². The highest BCUT2D eigenvalue weighted by molar-refractivity contribution is 6.30. The highest BCUT2D eigenvalue weighted by atomic mass is 16.6. The minimum Gasteiger partial charge on any atom is -0.486 e. The normalized spacial score (nSPS) is 13.4. The Morgan fingerprint density at radius 3 is 1.15 bits per heavy atom. The van der Waals surface area contributed by atoms with Crippen LogP contribution in [0.4, 0.5) is 34.1 Å². The number of furan rings is 2. The molecule has 2 aliphatic rings. The Morgan fingerprint density at radius 2 is 0.694 bits per heavy atom. The summed E-state index contributed by atoms with van der Waals surface area (Å²) >= 11 is 0. The van der Waals surface area contributed by atoms with Gasteiger partial charge < -0.3 is 37.6 Å². The molecule has 0 unspecified atom stereocenters. The van der Waals surface area contributed by atoms with Crippen molar-refractivity contribution in [1.29, 1.82) is 0 Å². The van der Waals surface area contributed by atoms with Crippen LogP contribution in [-0.4, -0.2) is 26.4 Å². The van der Waals surface area contributed by atoms with Crippen LogP contribution in [0.25, 0.3) is 65.4 Å². The quantitative estimate of drug-likeness (QED) is 0.164. The molecular weight excluding hydrogens is 773 g/mol. The van der Waals surface area contributed by atoms with E-state index in [2.05, 4.69) is 143 Å². The summed E-state index contributed by atoms with van der Waals surface area (Å²) in [5.74, 6) is 3.02. The Balaban J connectivity index is 0.924. The van der Waals surface area contributed by atoms with Gasteiger partial charge in [-0.1, -0.05) is 48.5 Å². The highest BCUT2D eigenvalue weighted by Gasteiger charge is 2.23. The Bertz CT molecular complexity index is 3320. The molecule has 0 bridgehead atoms. The van der Waals surface area contributed by atoms with Gasteiger partial charge in [0.1, 0.15) is 48.8 Å². The molecule has 0 fully saturated rings. The second-order valence-electron chi connectivity index (χ2n) is 15.7. The average Bonchev–Trinajstić information content (AvgIpc) is 3.91. The lowest BCUT2D eigenvalue weighted by Crippen LogP contribution is -2.16. The first-order chi connectivity index (χ1) is 30.7. The van der Waals surface area contributed by atoms with Crippen molar-refractivity contribution in [2.24, 2.45) is 0 Å². The van der Waals surface area contributed by atoms with E-state index in [1.165, 1.54) is 0 Å². The predicted molar refractivity (Wildman–Crippen MR) is 247 cm³/mol. The number of fused-ring (bicyclic) bond motifs is 13. The van der Waals surface area contributed by atoms with Crippen LogP contribution in [0.15, 0.2) is 179 Å². The van der Waals surface area contributed by atoms with E-state index >= 15 is 0 Å². The van der Waals surface area contributed by atoms with E-state index in [0.29, 0.717) is 26.4 Å². The van der Waals surface area contributed by atoms with E-state index in [-0.39, 0.29) is 0 Å². The molecule has 0 spiro atoms. The summed E-state index contributed by atoms with van der Waals surface area (Å²) in [6.07, 6.45) is 0. The third-order valence-electron chi connectivity index (χ3n) is 12.1. The van der Waals surface area contributed by atoms with Crippen LogP contribution >= 0.6 is 0 Å². The van der Waals surface area contributed by atoms with Gasteiger partial charge in [-0.3, -0.25) is 0 Å². The number of para-hydroxylation sites is 2. The average molecular weight is 809 g/mol. The van der Waals surface area contributed by atoms with Crippen molar-refractivity contribution in [3.05, 3.63) is 170 Å². The van der Waals surface area contributed by atoms with E-state index in [1.54, 1.807) is 0 Å². The molecule has 0 saturated carbocycles. The first-order valence-corrected chi connectivity index (χ1v) is 20.9. The third-order valence-corrected chi connectivity index (χ3v) is 12.1. The molecule has 8 nitrogen and oxygen atoms in total. The van der Waals surface area contributed by atoms with Crippen LogP contribution in [0.5, 0.6) is 23.0 Å². The second-order valence-corrected chi connectivity index (χ2v) is 15.7. The van der Waals surface area contributed by atoms with Crippen molar-refractivity contribution in [1.82, 2.24) is 0 Å². The number of anilines is 6. The Labute approximate surface area is 355 Å². The van der Waals surface area contributed by atoms with Gasteiger partial charge in [0.05, 0.1) is 11.4 Å². The maximum atomic E-state index is 6.76. The van der Waals surface area contributed by atoms with Crippen LogP contribution < -0.4 is 28.7 Å². The highest BCUT2D eigenvalue weighted by Crippen LogP contribution is 2.47. The van der Waals surface area contributed by atoms with E-state index in [1.807, 2.05) is 36.4 Å². The smallest absolute Gasteiger partial charge is 0.163 e. The monoisotopic (exact) mass is 808 g/mol. The molecule has 0 N–H and O–H groups in total. The van der Waals surface area contributed by atoms with Crippen molar-refractivity contribution in [3.63, 3.8) is 0 Å². The van der Waals surface area contributed by atoms with Gasteiger partial charge in [0.25, 0.3) is 0 Å². The fraction of sp³-hybridized carbons (Fsp3) is 0.0741. The van der Waals surface area contributed by atoms with E-state index in [0.717, 1.165) is 123 Å². The van der Waals surface area contributed by atoms with E-state index in [4.69, 9.17) is 27.8 Å². The van der Waals surface area contributed by atoms with Gasteiger partial charge in [-0.05, 0) is 120 Å². The Hall–Kier alpha value is -8.10. The van der Waals surface area contributed by atoms with Crippen LogP contribution in [0.1, 0.15) is 0 Å². The standard InChI is InChI=1S/C54H36N2O6/c1-3-7-35(8-4-1)55(39-15-21-45-49(31-39)59-27-25-57-45)37-13-19-41-33(29-37)11-17-43-51-47(61-53(41)43)23-24-48-52(51)44-18-12-34-30-38(14-20-42(34)54(44)62-48)56(36-9-5-2-6-10-36)40-16-22-46-50(32-40)60-28-26-58-46/h1-24,29-32H,25-28H2. The van der Waals surface area contributed by atoms with Gasteiger partial charge >= 0.3 is 0 Å². The number of hydrogen-bond donors (Lipinski definition) is 0. The number of nitrogens with zero attached hydrogens (tertiary/aromatic N) is 2. The minimum atomic E-state index is 0.530. The van der Waals surface area contributed by atoms with Crippen molar-refractivity contribution in [2.45, 2.75) is 0 Å². The molecule has 13 rings (SSSR count). The predicted octanol–water partition coefficient (Wildman–Crippen LogP) is 14.3. The molecule has 0 amide bonds. The maximum Gasteiger partial charge on any atom is 0.163 e. The lowest BCUT2D eigenvalue weighted by atomic mass is 10.0. The summed E-state index contributed by atoms with van der Waals surface area (Å²) in [5, 5.41) is 8.42. The summed E-state index contributed by atoms with van der Waals surface area (Å²) in [5.41, 5.74) is 9.43. The molecule has 9 aromatic carbocycles. The lowest BCUT2D eigenvalue weighted by Gasteiger charge is -2.27. The van der Waals surface area contributed by atoms with Crippen molar-refractivity contribution in [3.8, 4) is 23.0 Å². The number of benzene rings is 9. The van der Waals surface area contributed by atoms with Crippen LogP contribution in [0.2, 0.25) is 0 Å². The molecule has 0 saturated heterocycles. The SMILES string of the molecule is c1ccc(N(c2ccc3c(c2)OCCO3)c2ccc3c(ccc4c3oc3ccc5oc6c7ccc(N(c8ccccc8)c8ccc9c(c8)OCCO9)cc7ccc6c5c34)c2)cc1. The molecule has 0 atom stereocenters. The zero-order valence-corrected chi connectivity index (χ0v) is 33.3. The Morgan fingerprint density at radius 1 is 0.306 bits per heavy atom. The van der Waals surface area contributed by atoms with Gasteiger partial charge in [-0.2, -0.15) is 0 Å². The zero-order chi connectivity index (χ0) is 40.7. The summed E-state index contributed by atoms with van der Waals surface area (Å²) in [4.78, 5) is 4.49. The first kappa shape index (κ1) is 34.7. The summed E-state index contributed by atoms with van der Waals surface area (Å²) in [6, 6.07) is 59.0. The van der Waals surface area contributed by atoms with Gasteiger partial charge in [-0.25, -0.2) is 0 Å². The Kier molecular flexibility index (Phi) is 7.69. The fourth-order valence-electron chi connectivity index (χ4n) is 9.35. The van der Waals surface area contributed by atoms with Crippen LogP contribution in [0, 0.1) is 0 Å². The molecule has 2 aromatic heterocycles. The van der Waals surface area contributed by atoms with Gasteiger partial charge in [0.15, 0.2) is 23.0 Å². The summed E-state index contributed by atoms with van der Waals surface area (Å²) in [7, 11) is 0. The minimum absolute atomic E-state index is 0.530. The molecule has 298 valence electrons. The third kappa shape index (κ3) is 5.46. The summed E-state index contributed by atoms with van der Waals surface area (Å²) < 4.78 is 37.2. The second kappa shape index (κ2) is 13.7. The van der Waals surface area contributed by atoms with Crippen molar-refractivity contribution >= 4 is 99.5 Å². The number of hydrogen-bond acceptors (Lipinski definition) is 8. The molecule has 2 aliphatic heterocycles. The molecule has 11 aromatic rings. The molecular formula is C54H36N2O6. The van der Waals surface area contributed by atoms with Gasteiger partial charge in [0, 0.05) is 67.2 Å². The molecule has 0 radical (unpaired) electrons. The van der Waals surface area contributed by atoms with E-state index < -0.39 is 0 Å². The molecule has 4 heterocycles.